The van der Waals surface area contributed by atoms with E-state index in [0.29, 0.717) is 0 Å². The van der Waals surface area contributed by atoms with E-state index in [1.165, 1.54) is 0 Å². The Balaban J connectivity index is 2.31. The zero-order valence-electron chi connectivity index (χ0n) is 11.6. The van der Waals surface area contributed by atoms with Crippen LogP contribution in [0, 0.1) is 5.92 Å². The fourth-order valence-corrected chi connectivity index (χ4v) is 2.60. The number of anilines is 1. The van der Waals surface area contributed by atoms with Gasteiger partial charge in [0.25, 0.3) is 0 Å². The molecule has 0 saturated carbocycles. The van der Waals surface area contributed by atoms with Crippen molar-refractivity contribution in [3.05, 3.63) is 22.9 Å². The largest absolute Gasteiger partial charge is 0.388 e. The third-order valence-corrected chi connectivity index (χ3v) is 3.62. The van der Waals surface area contributed by atoms with Gasteiger partial charge in [-0.05, 0) is 41.8 Å². The number of aliphatic hydroxyl groups is 1. The highest BCUT2D eigenvalue weighted by Crippen LogP contribution is 2.22. The summed E-state index contributed by atoms with van der Waals surface area (Å²) in [5.74, 6) is 1.01. The molecular weight excluding hydrogens is 308 g/mol. The number of hydrogen-bond acceptors (Lipinski definition) is 4. The molecule has 0 amide bonds. The Labute approximate surface area is 121 Å². The van der Waals surface area contributed by atoms with Gasteiger partial charge in [0.1, 0.15) is 5.82 Å². The van der Waals surface area contributed by atoms with E-state index >= 15 is 0 Å². The van der Waals surface area contributed by atoms with Crippen molar-refractivity contribution in [3.8, 4) is 0 Å². The molecule has 0 radical (unpaired) electrons. The van der Waals surface area contributed by atoms with Crippen LogP contribution in [0.1, 0.15) is 27.7 Å². The highest BCUT2D eigenvalue weighted by atomic mass is 79.9. The van der Waals surface area contributed by atoms with Gasteiger partial charge in [0, 0.05) is 6.20 Å². The van der Waals surface area contributed by atoms with Gasteiger partial charge in [-0.2, -0.15) is 5.10 Å². The van der Waals surface area contributed by atoms with Crippen molar-refractivity contribution in [2.45, 2.75) is 39.3 Å². The zero-order chi connectivity index (χ0) is 14.2. The van der Waals surface area contributed by atoms with Crippen LogP contribution in [0.25, 0.3) is 5.65 Å². The van der Waals surface area contributed by atoms with Crippen molar-refractivity contribution in [2.24, 2.45) is 5.92 Å². The van der Waals surface area contributed by atoms with Gasteiger partial charge in [0.15, 0.2) is 5.65 Å². The molecular formula is C13H19BrN4O. The SMILES string of the molecule is CC(C)C(Nc1ccn2ncc(Br)c2n1)C(C)(C)O. The third kappa shape index (κ3) is 3.06. The molecule has 0 aliphatic carbocycles. The molecule has 19 heavy (non-hydrogen) atoms. The van der Waals surface area contributed by atoms with E-state index < -0.39 is 5.60 Å². The fraction of sp³-hybridized carbons (Fsp3) is 0.538. The number of nitrogens with one attached hydrogen (secondary N) is 1. The second-order valence-electron chi connectivity index (χ2n) is 5.59. The second-order valence-corrected chi connectivity index (χ2v) is 6.45. The van der Waals surface area contributed by atoms with E-state index in [1.807, 2.05) is 12.3 Å². The van der Waals surface area contributed by atoms with Gasteiger partial charge >= 0.3 is 0 Å². The molecule has 0 spiro atoms. The van der Waals surface area contributed by atoms with Gasteiger partial charge in [0.2, 0.25) is 0 Å². The third-order valence-electron chi connectivity index (χ3n) is 3.06. The molecule has 0 aliphatic rings. The van der Waals surface area contributed by atoms with E-state index in [4.69, 9.17) is 0 Å². The minimum atomic E-state index is -0.820. The topological polar surface area (TPSA) is 62.5 Å². The molecule has 0 bridgehead atoms. The van der Waals surface area contributed by atoms with Crippen LogP contribution in [0.15, 0.2) is 22.9 Å². The summed E-state index contributed by atoms with van der Waals surface area (Å²) in [5, 5.41) is 17.7. The molecule has 2 aromatic heterocycles. The van der Waals surface area contributed by atoms with Gasteiger partial charge in [0.05, 0.1) is 22.3 Å². The minimum absolute atomic E-state index is 0.0795. The normalized spacial score (nSPS) is 14.1. The lowest BCUT2D eigenvalue weighted by Gasteiger charge is -2.33. The summed E-state index contributed by atoms with van der Waals surface area (Å²) < 4.78 is 2.55. The van der Waals surface area contributed by atoms with Crippen LogP contribution in [0.2, 0.25) is 0 Å². The molecule has 6 heteroatoms. The highest BCUT2D eigenvalue weighted by molar-refractivity contribution is 9.10. The van der Waals surface area contributed by atoms with E-state index in [2.05, 4.69) is 45.2 Å². The Kier molecular flexibility index (Phi) is 3.82. The zero-order valence-corrected chi connectivity index (χ0v) is 13.1. The van der Waals surface area contributed by atoms with Crippen molar-refractivity contribution >= 4 is 27.4 Å². The average molecular weight is 327 g/mol. The smallest absolute Gasteiger partial charge is 0.171 e. The van der Waals surface area contributed by atoms with Crippen molar-refractivity contribution in [2.75, 3.05) is 5.32 Å². The molecule has 1 unspecified atom stereocenters. The van der Waals surface area contributed by atoms with E-state index in [9.17, 15) is 5.11 Å². The molecule has 2 N–H and O–H groups in total. The maximum Gasteiger partial charge on any atom is 0.171 e. The Morgan fingerprint density at radius 2 is 2.11 bits per heavy atom. The van der Waals surface area contributed by atoms with Crippen molar-refractivity contribution in [1.29, 1.82) is 0 Å². The highest BCUT2D eigenvalue weighted by Gasteiger charge is 2.29. The second kappa shape index (κ2) is 5.09. The lowest BCUT2D eigenvalue weighted by atomic mass is 9.89. The van der Waals surface area contributed by atoms with Crippen LogP contribution in [0.4, 0.5) is 5.82 Å². The summed E-state index contributed by atoms with van der Waals surface area (Å²) in [6.07, 6.45) is 3.55. The van der Waals surface area contributed by atoms with Crippen molar-refractivity contribution < 1.29 is 5.11 Å². The van der Waals surface area contributed by atoms with Crippen molar-refractivity contribution in [1.82, 2.24) is 14.6 Å². The maximum absolute atomic E-state index is 10.2. The van der Waals surface area contributed by atoms with Gasteiger partial charge in [-0.15, -0.1) is 0 Å². The lowest BCUT2D eigenvalue weighted by Crippen LogP contribution is -2.45. The molecule has 1 atom stereocenters. The molecule has 2 aromatic rings. The summed E-state index contributed by atoms with van der Waals surface area (Å²) >= 11 is 3.41. The molecule has 0 fully saturated rings. The van der Waals surface area contributed by atoms with Crippen LogP contribution in [0.5, 0.6) is 0 Å². The van der Waals surface area contributed by atoms with Gasteiger partial charge in [-0.1, -0.05) is 13.8 Å². The summed E-state index contributed by atoms with van der Waals surface area (Å²) in [6, 6.07) is 1.78. The van der Waals surface area contributed by atoms with Crippen LogP contribution in [-0.4, -0.2) is 31.3 Å². The number of rotatable bonds is 4. The first-order chi connectivity index (χ1) is 8.79. The predicted octanol–water partition coefficient (Wildman–Crippen LogP) is 2.70. The monoisotopic (exact) mass is 326 g/mol. The molecule has 104 valence electrons. The first kappa shape index (κ1) is 14.3. The molecule has 2 heterocycles. The number of hydrogen-bond donors (Lipinski definition) is 2. The quantitative estimate of drug-likeness (QED) is 0.906. The number of aromatic nitrogens is 3. The minimum Gasteiger partial charge on any atom is -0.388 e. The van der Waals surface area contributed by atoms with E-state index in [-0.39, 0.29) is 12.0 Å². The van der Waals surface area contributed by atoms with Crippen LogP contribution >= 0.6 is 15.9 Å². The van der Waals surface area contributed by atoms with Crippen molar-refractivity contribution in [3.63, 3.8) is 0 Å². The summed E-state index contributed by atoms with van der Waals surface area (Å²) in [4.78, 5) is 4.50. The van der Waals surface area contributed by atoms with Gasteiger partial charge in [-0.25, -0.2) is 9.50 Å². The van der Waals surface area contributed by atoms with E-state index in [0.717, 1.165) is 15.9 Å². The van der Waals surface area contributed by atoms with Crippen LogP contribution in [-0.2, 0) is 0 Å². The lowest BCUT2D eigenvalue weighted by molar-refractivity contribution is 0.0440. The Bertz CT molecular complexity index is 574. The predicted molar refractivity (Wildman–Crippen MR) is 79.2 cm³/mol. The van der Waals surface area contributed by atoms with Gasteiger partial charge in [-0.3, -0.25) is 0 Å². The van der Waals surface area contributed by atoms with Gasteiger partial charge < -0.3 is 10.4 Å². The fourth-order valence-electron chi connectivity index (χ4n) is 2.24. The maximum atomic E-state index is 10.2. The van der Waals surface area contributed by atoms with E-state index in [1.54, 1.807) is 24.6 Å². The first-order valence-electron chi connectivity index (χ1n) is 6.28. The summed E-state index contributed by atoms with van der Waals surface area (Å²) in [7, 11) is 0. The molecule has 0 saturated heterocycles. The standard InChI is InChI=1S/C13H19BrN4O/c1-8(2)11(13(3,4)19)16-10-5-6-18-12(17-10)9(14)7-15-18/h5-8,11,19H,1-4H3,(H,16,17). The molecule has 2 rings (SSSR count). The number of fused-ring (bicyclic) bond motifs is 1. The van der Waals surface area contributed by atoms with Crippen LogP contribution < -0.4 is 5.32 Å². The Morgan fingerprint density at radius 1 is 1.42 bits per heavy atom. The van der Waals surface area contributed by atoms with Crippen LogP contribution in [0.3, 0.4) is 0 Å². The number of halogens is 1. The first-order valence-corrected chi connectivity index (χ1v) is 7.07. The Morgan fingerprint density at radius 3 is 2.68 bits per heavy atom. The number of nitrogens with zero attached hydrogens (tertiary/aromatic N) is 3. The molecule has 0 aliphatic heterocycles. The summed E-state index contributed by atoms with van der Waals surface area (Å²) in [6.45, 7) is 7.75. The Hall–Kier alpha value is -1.14. The molecule has 5 nitrogen and oxygen atoms in total. The summed E-state index contributed by atoms with van der Waals surface area (Å²) in [5.41, 5.74) is -0.0670. The average Bonchev–Trinajstić information content (AvgIpc) is 2.66. The molecule has 0 aromatic carbocycles.